The summed E-state index contributed by atoms with van der Waals surface area (Å²) >= 11 is 0. The Kier molecular flexibility index (Phi) is 5.31. The number of fused-ring (bicyclic) bond motifs is 2. The number of aryl methyl sites for hydroxylation is 1. The zero-order valence-electron chi connectivity index (χ0n) is 18.2. The number of anilines is 2. The first-order valence-corrected chi connectivity index (χ1v) is 12.1. The Bertz CT molecular complexity index is 1560. The summed E-state index contributed by atoms with van der Waals surface area (Å²) in [5.74, 6) is 1.10. The molecule has 172 valence electrons. The van der Waals surface area contributed by atoms with Gasteiger partial charge >= 0.3 is 0 Å². The Morgan fingerprint density at radius 3 is 2.76 bits per heavy atom. The summed E-state index contributed by atoms with van der Waals surface area (Å²) in [6.07, 6.45) is 3.17. The summed E-state index contributed by atoms with van der Waals surface area (Å²) in [7, 11) is -3.93. The lowest BCUT2D eigenvalue weighted by Crippen LogP contribution is -2.29. The van der Waals surface area contributed by atoms with E-state index in [4.69, 9.17) is 0 Å². The highest BCUT2D eigenvalue weighted by molar-refractivity contribution is 7.92. The Hall–Kier alpha value is -4.14. The van der Waals surface area contributed by atoms with E-state index in [1.54, 1.807) is 24.5 Å². The van der Waals surface area contributed by atoms with Crippen LogP contribution < -0.4 is 15.4 Å². The molecule has 0 bridgehead atoms. The number of hydrogen-bond donors (Lipinski definition) is 4. The highest BCUT2D eigenvalue weighted by Crippen LogP contribution is 2.30. The van der Waals surface area contributed by atoms with Gasteiger partial charge in [0.05, 0.1) is 34.4 Å². The molecule has 34 heavy (non-hydrogen) atoms. The smallest absolute Gasteiger partial charge is 0.261 e. The maximum absolute atomic E-state index is 13.0. The molecule has 4 N–H and O–H groups in total. The molecule has 1 aliphatic heterocycles. The molecule has 10 nitrogen and oxygen atoms in total. The Labute approximate surface area is 195 Å². The van der Waals surface area contributed by atoms with Crippen LogP contribution in [0.15, 0.2) is 53.7 Å². The van der Waals surface area contributed by atoms with E-state index in [2.05, 4.69) is 31.4 Å². The summed E-state index contributed by atoms with van der Waals surface area (Å²) in [6.45, 7) is 3.99. The second kappa shape index (κ2) is 8.33. The average molecular weight is 476 g/mol. The monoisotopic (exact) mass is 475 g/mol. The number of imidazole rings is 1. The molecule has 1 amide bonds. The molecule has 0 saturated heterocycles. The number of sulfonamides is 1. The first-order chi connectivity index (χ1) is 16.4. The molecule has 3 heterocycles. The number of hydrogen-bond acceptors (Lipinski definition) is 6. The van der Waals surface area contributed by atoms with Gasteiger partial charge in [0.2, 0.25) is 0 Å². The van der Waals surface area contributed by atoms with Gasteiger partial charge in [-0.15, -0.1) is 0 Å². The minimum atomic E-state index is -3.93. The van der Waals surface area contributed by atoms with Crippen molar-refractivity contribution in [1.29, 1.82) is 5.26 Å². The molecule has 2 aromatic carbocycles. The molecule has 0 atom stereocenters. The van der Waals surface area contributed by atoms with E-state index < -0.39 is 10.0 Å². The molecule has 0 saturated carbocycles. The van der Waals surface area contributed by atoms with Crippen molar-refractivity contribution in [3.63, 3.8) is 0 Å². The zero-order valence-corrected chi connectivity index (χ0v) is 19.0. The molecular weight excluding hydrogens is 454 g/mol. The Morgan fingerprint density at radius 2 is 2.00 bits per heavy atom. The molecule has 0 fully saturated rings. The van der Waals surface area contributed by atoms with Crippen LogP contribution in [0.3, 0.4) is 0 Å². The third-order valence-corrected chi connectivity index (χ3v) is 7.19. The standard InChI is InChI=1S/C23H21N7O3S/c1-14-2-7-18(22-21(14)16(10-24)11-27-22)29-34(32,33)17-5-3-15(4-6-17)23(31)28-20-13-26-19-12-25-8-9-30(19)20/h2-7,11,13,25,27,29H,8-9,12H2,1H3,(H,28,31). The highest BCUT2D eigenvalue weighted by atomic mass is 32.2. The molecule has 0 aliphatic carbocycles. The van der Waals surface area contributed by atoms with E-state index in [0.29, 0.717) is 46.6 Å². The maximum Gasteiger partial charge on any atom is 0.261 e. The fourth-order valence-corrected chi connectivity index (χ4v) is 5.14. The van der Waals surface area contributed by atoms with Crippen LogP contribution in [0.4, 0.5) is 11.5 Å². The first-order valence-electron chi connectivity index (χ1n) is 10.6. The van der Waals surface area contributed by atoms with Crippen molar-refractivity contribution in [2.75, 3.05) is 16.6 Å². The molecule has 11 heteroatoms. The number of nitriles is 1. The van der Waals surface area contributed by atoms with Gasteiger partial charge in [0.1, 0.15) is 17.7 Å². The molecular formula is C23H21N7O3S. The van der Waals surface area contributed by atoms with Crippen LogP contribution in [0, 0.1) is 18.3 Å². The van der Waals surface area contributed by atoms with Crippen molar-refractivity contribution in [2.45, 2.75) is 24.9 Å². The van der Waals surface area contributed by atoms with Crippen LogP contribution in [-0.2, 0) is 23.1 Å². The molecule has 0 spiro atoms. The number of carbonyl (C=O) groups is 1. The van der Waals surface area contributed by atoms with Crippen LogP contribution in [-0.4, -0.2) is 35.4 Å². The topological polar surface area (TPSA) is 145 Å². The lowest BCUT2D eigenvalue weighted by Gasteiger charge is -2.17. The van der Waals surface area contributed by atoms with Gasteiger partial charge in [-0.2, -0.15) is 5.26 Å². The lowest BCUT2D eigenvalue weighted by molar-refractivity contribution is 0.102. The van der Waals surface area contributed by atoms with E-state index >= 15 is 0 Å². The Morgan fingerprint density at radius 1 is 1.21 bits per heavy atom. The number of nitrogens with zero attached hydrogens (tertiary/aromatic N) is 3. The predicted octanol–water partition coefficient (Wildman–Crippen LogP) is 2.70. The Balaban J connectivity index is 1.36. The van der Waals surface area contributed by atoms with Gasteiger partial charge in [0.25, 0.3) is 15.9 Å². The van der Waals surface area contributed by atoms with E-state index in [1.165, 1.54) is 24.3 Å². The first kappa shape index (κ1) is 21.7. The van der Waals surface area contributed by atoms with E-state index in [-0.39, 0.29) is 10.8 Å². The van der Waals surface area contributed by atoms with Gasteiger partial charge in [-0.3, -0.25) is 9.52 Å². The average Bonchev–Trinajstić information content (AvgIpc) is 3.46. The molecule has 2 aromatic heterocycles. The molecule has 0 radical (unpaired) electrons. The summed E-state index contributed by atoms with van der Waals surface area (Å²) in [5.41, 5.74) is 2.50. The van der Waals surface area contributed by atoms with Gasteiger partial charge in [-0.05, 0) is 42.8 Å². The van der Waals surface area contributed by atoms with Gasteiger partial charge in [0, 0.05) is 30.2 Å². The van der Waals surface area contributed by atoms with Crippen molar-refractivity contribution in [3.05, 3.63) is 71.3 Å². The molecule has 1 aliphatic rings. The van der Waals surface area contributed by atoms with Gasteiger partial charge < -0.3 is 20.2 Å². The summed E-state index contributed by atoms with van der Waals surface area (Å²) in [5, 5.41) is 16.0. The SMILES string of the molecule is Cc1ccc(NS(=O)(=O)c2ccc(C(=O)Nc3cnc4n3CCNC4)cc2)c2[nH]cc(C#N)c12. The quantitative estimate of drug-likeness (QED) is 0.349. The predicted molar refractivity (Wildman–Crippen MR) is 127 cm³/mol. The fourth-order valence-electron chi connectivity index (χ4n) is 4.07. The van der Waals surface area contributed by atoms with Crippen molar-refractivity contribution in [1.82, 2.24) is 19.9 Å². The van der Waals surface area contributed by atoms with Gasteiger partial charge in [0.15, 0.2) is 0 Å². The normalized spacial score (nSPS) is 13.3. The van der Waals surface area contributed by atoms with E-state index in [9.17, 15) is 18.5 Å². The second-order valence-electron chi connectivity index (χ2n) is 7.97. The van der Waals surface area contributed by atoms with Crippen molar-refractivity contribution < 1.29 is 13.2 Å². The minimum absolute atomic E-state index is 0.0117. The van der Waals surface area contributed by atoms with Crippen LogP contribution >= 0.6 is 0 Å². The highest BCUT2D eigenvalue weighted by Gasteiger charge is 2.20. The largest absolute Gasteiger partial charge is 0.358 e. The van der Waals surface area contributed by atoms with E-state index in [0.717, 1.165) is 17.9 Å². The third-order valence-electron chi connectivity index (χ3n) is 5.81. The number of aromatic amines is 1. The maximum atomic E-state index is 13.0. The second-order valence-corrected chi connectivity index (χ2v) is 9.65. The minimum Gasteiger partial charge on any atom is -0.358 e. The third kappa shape index (κ3) is 3.79. The number of amides is 1. The van der Waals surface area contributed by atoms with Crippen molar-refractivity contribution >= 4 is 38.3 Å². The number of nitrogens with one attached hydrogen (secondary N) is 4. The molecule has 0 unspecified atom stereocenters. The molecule has 5 rings (SSSR count). The number of H-pyrrole nitrogens is 1. The number of rotatable bonds is 5. The number of benzene rings is 2. The van der Waals surface area contributed by atoms with Crippen molar-refractivity contribution in [2.24, 2.45) is 0 Å². The lowest BCUT2D eigenvalue weighted by atomic mass is 10.1. The number of carbonyl (C=O) groups excluding carboxylic acids is 1. The van der Waals surface area contributed by atoms with Crippen LogP contribution in [0.1, 0.15) is 27.3 Å². The summed E-state index contributed by atoms with van der Waals surface area (Å²) in [6, 6.07) is 11.2. The fraction of sp³-hybridized carbons (Fsp3) is 0.174. The van der Waals surface area contributed by atoms with Crippen LogP contribution in [0.2, 0.25) is 0 Å². The van der Waals surface area contributed by atoms with Crippen molar-refractivity contribution in [3.8, 4) is 6.07 Å². The van der Waals surface area contributed by atoms with E-state index in [1.807, 2.05) is 11.5 Å². The van der Waals surface area contributed by atoms with Crippen LogP contribution in [0.5, 0.6) is 0 Å². The summed E-state index contributed by atoms with van der Waals surface area (Å²) < 4.78 is 30.5. The summed E-state index contributed by atoms with van der Waals surface area (Å²) in [4.78, 5) is 20.0. The van der Waals surface area contributed by atoms with Crippen LogP contribution in [0.25, 0.3) is 10.9 Å². The van der Waals surface area contributed by atoms with Gasteiger partial charge in [-0.1, -0.05) is 6.07 Å². The zero-order chi connectivity index (χ0) is 23.9. The number of aromatic nitrogens is 3. The molecule has 4 aromatic rings. The van der Waals surface area contributed by atoms with Gasteiger partial charge in [-0.25, -0.2) is 13.4 Å².